The van der Waals surface area contributed by atoms with Gasteiger partial charge in [0.15, 0.2) is 0 Å². The third-order valence-electron chi connectivity index (χ3n) is 4.54. The number of carbonyl (C=O) groups excluding carboxylic acids is 1. The van der Waals surface area contributed by atoms with Gasteiger partial charge in [0.25, 0.3) is 0 Å². The first kappa shape index (κ1) is 20.0. The van der Waals surface area contributed by atoms with Gasteiger partial charge in [0.1, 0.15) is 12.1 Å². The van der Waals surface area contributed by atoms with Crippen LogP contribution in [0.3, 0.4) is 0 Å². The molecule has 0 saturated carbocycles. The number of aromatic nitrogens is 3. The topological polar surface area (TPSA) is 97.2 Å². The Bertz CT molecular complexity index is 1100. The van der Waals surface area contributed by atoms with Crippen LogP contribution in [0.4, 0.5) is 5.69 Å². The molecule has 0 atom stereocenters. The molecule has 0 aliphatic rings. The number of hydrogen-bond donors (Lipinski definition) is 1. The first-order chi connectivity index (χ1) is 13.4. The summed E-state index contributed by atoms with van der Waals surface area (Å²) >= 11 is 0. The molecule has 0 aliphatic heterocycles. The van der Waals surface area contributed by atoms with Crippen molar-refractivity contribution < 1.29 is 13.2 Å². The van der Waals surface area contributed by atoms with Crippen molar-refractivity contribution in [3.63, 3.8) is 0 Å². The summed E-state index contributed by atoms with van der Waals surface area (Å²) < 4.78 is 28.4. The summed E-state index contributed by atoms with van der Waals surface area (Å²) in [5.41, 5.74) is 2.70. The van der Waals surface area contributed by atoms with Gasteiger partial charge in [-0.3, -0.25) is 4.79 Å². The van der Waals surface area contributed by atoms with Crippen LogP contribution in [-0.4, -0.2) is 46.7 Å². The fraction of sp³-hybridized carbons (Fsp3) is 0.316. The molecule has 0 saturated heterocycles. The summed E-state index contributed by atoms with van der Waals surface area (Å²) in [4.78, 5) is 12.7. The van der Waals surface area contributed by atoms with Crippen molar-refractivity contribution in [3.05, 3.63) is 48.0 Å². The van der Waals surface area contributed by atoms with E-state index < -0.39 is 10.0 Å². The van der Waals surface area contributed by atoms with Crippen molar-refractivity contribution in [1.29, 1.82) is 0 Å². The zero-order valence-corrected chi connectivity index (χ0v) is 16.9. The molecule has 0 bridgehead atoms. The summed E-state index contributed by atoms with van der Waals surface area (Å²) in [6, 6.07) is 12.1. The largest absolute Gasteiger partial charge is 0.324 e. The Kier molecular flexibility index (Phi) is 5.76. The van der Waals surface area contributed by atoms with Gasteiger partial charge in [-0.15, -0.1) is 5.10 Å². The fourth-order valence-corrected chi connectivity index (χ4v) is 4.45. The number of rotatable bonds is 7. The van der Waals surface area contributed by atoms with Crippen molar-refractivity contribution in [1.82, 2.24) is 19.3 Å². The molecule has 3 rings (SSSR count). The molecule has 1 heterocycles. The van der Waals surface area contributed by atoms with Gasteiger partial charge in [-0.05, 0) is 36.8 Å². The minimum atomic E-state index is -3.60. The van der Waals surface area contributed by atoms with E-state index in [0.29, 0.717) is 24.3 Å². The van der Waals surface area contributed by atoms with Gasteiger partial charge >= 0.3 is 0 Å². The lowest BCUT2D eigenvalue weighted by molar-refractivity contribution is -0.116. The van der Waals surface area contributed by atoms with Crippen LogP contribution in [0.1, 0.15) is 19.4 Å². The number of amides is 1. The molecule has 28 heavy (non-hydrogen) atoms. The molecule has 1 N–H and O–H groups in total. The molecule has 9 heteroatoms. The van der Waals surface area contributed by atoms with E-state index in [4.69, 9.17) is 0 Å². The number of aryl methyl sites for hydroxylation is 1. The lowest BCUT2D eigenvalue weighted by atomic mass is 10.2. The number of benzene rings is 2. The molecular formula is C19H23N5O3S. The van der Waals surface area contributed by atoms with E-state index in [1.54, 1.807) is 26.0 Å². The monoisotopic (exact) mass is 401 g/mol. The number of hydrogen-bond acceptors (Lipinski definition) is 5. The van der Waals surface area contributed by atoms with Gasteiger partial charge in [0, 0.05) is 18.8 Å². The van der Waals surface area contributed by atoms with Crippen LogP contribution in [0.25, 0.3) is 11.0 Å². The molecule has 0 aliphatic carbocycles. The number of para-hydroxylation sites is 1. The summed E-state index contributed by atoms with van der Waals surface area (Å²) in [5, 5.41) is 10.8. The van der Waals surface area contributed by atoms with E-state index >= 15 is 0 Å². The van der Waals surface area contributed by atoms with Crippen LogP contribution < -0.4 is 5.32 Å². The maximum atomic E-state index is 12.7. The van der Waals surface area contributed by atoms with Crippen LogP contribution in [0.2, 0.25) is 0 Å². The zero-order valence-electron chi connectivity index (χ0n) is 16.1. The van der Waals surface area contributed by atoms with Crippen LogP contribution in [-0.2, 0) is 21.4 Å². The van der Waals surface area contributed by atoms with Gasteiger partial charge in [-0.1, -0.05) is 37.3 Å². The smallest absolute Gasteiger partial charge is 0.246 e. The Labute approximate surface area is 164 Å². The van der Waals surface area contributed by atoms with Crippen molar-refractivity contribution in [2.45, 2.75) is 32.2 Å². The van der Waals surface area contributed by atoms with Gasteiger partial charge in [-0.2, -0.15) is 4.31 Å². The molecule has 0 unspecified atom stereocenters. The number of fused-ring (bicyclic) bond motifs is 1. The molecule has 0 radical (unpaired) electrons. The number of anilines is 1. The summed E-state index contributed by atoms with van der Waals surface area (Å²) in [6.07, 6.45) is 0. The Morgan fingerprint density at radius 2 is 1.86 bits per heavy atom. The van der Waals surface area contributed by atoms with Crippen molar-refractivity contribution >= 4 is 32.7 Å². The van der Waals surface area contributed by atoms with Gasteiger partial charge in [-0.25, -0.2) is 13.1 Å². The van der Waals surface area contributed by atoms with E-state index in [1.807, 2.05) is 31.2 Å². The Balaban J connectivity index is 1.83. The predicted octanol–water partition coefficient (Wildman–Crippen LogP) is 2.41. The SMILES string of the molecule is CCN(CC)S(=O)(=O)c1ccc(C)c(NC(=O)Cn2nnc3ccccc32)c1. The highest BCUT2D eigenvalue weighted by molar-refractivity contribution is 7.89. The summed E-state index contributed by atoms with van der Waals surface area (Å²) in [5.74, 6) is -0.309. The number of sulfonamides is 1. The second-order valence-electron chi connectivity index (χ2n) is 6.35. The van der Waals surface area contributed by atoms with Crippen molar-refractivity contribution in [2.24, 2.45) is 0 Å². The maximum Gasteiger partial charge on any atom is 0.246 e. The van der Waals surface area contributed by atoms with Crippen LogP contribution >= 0.6 is 0 Å². The molecule has 1 aromatic heterocycles. The third-order valence-corrected chi connectivity index (χ3v) is 6.59. The molecule has 148 valence electrons. The molecule has 8 nitrogen and oxygen atoms in total. The molecule has 0 fully saturated rings. The summed E-state index contributed by atoms with van der Waals surface area (Å²) in [6.45, 7) is 6.14. The highest BCUT2D eigenvalue weighted by atomic mass is 32.2. The standard InChI is InChI=1S/C19H23N5O3S/c1-4-23(5-2)28(26,27)15-11-10-14(3)17(12-15)20-19(25)13-24-18-9-7-6-8-16(18)21-22-24/h6-12H,4-5,13H2,1-3H3,(H,20,25). The highest BCUT2D eigenvalue weighted by Crippen LogP contribution is 2.23. The molecule has 2 aromatic carbocycles. The average Bonchev–Trinajstić information content (AvgIpc) is 3.07. The first-order valence-electron chi connectivity index (χ1n) is 9.05. The third kappa shape index (κ3) is 3.90. The van der Waals surface area contributed by atoms with Gasteiger partial charge in [0.05, 0.1) is 10.4 Å². The lowest BCUT2D eigenvalue weighted by Crippen LogP contribution is -2.30. The number of nitrogens with one attached hydrogen (secondary N) is 1. The molecular weight excluding hydrogens is 378 g/mol. The lowest BCUT2D eigenvalue weighted by Gasteiger charge is -2.19. The van der Waals surface area contributed by atoms with E-state index in [1.165, 1.54) is 15.1 Å². The number of carbonyl (C=O) groups is 1. The van der Waals surface area contributed by atoms with E-state index in [2.05, 4.69) is 15.6 Å². The molecule has 3 aromatic rings. The molecule has 1 amide bonds. The van der Waals surface area contributed by atoms with Crippen LogP contribution in [0, 0.1) is 6.92 Å². The second-order valence-corrected chi connectivity index (χ2v) is 8.29. The number of nitrogens with zero attached hydrogens (tertiary/aromatic N) is 4. The Hall–Kier alpha value is -2.78. The van der Waals surface area contributed by atoms with E-state index in [0.717, 1.165) is 11.1 Å². The first-order valence-corrected chi connectivity index (χ1v) is 10.5. The Morgan fingerprint density at radius 3 is 2.57 bits per heavy atom. The van der Waals surface area contributed by atoms with E-state index in [9.17, 15) is 13.2 Å². The zero-order chi connectivity index (χ0) is 20.3. The van der Waals surface area contributed by atoms with E-state index in [-0.39, 0.29) is 17.3 Å². The van der Waals surface area contributed by atoms with Crippen LogP contribution in [0.15, 0.2) is 47.4 Å². The summed E-state index contributed by atoms with van der Waals surface area (Å²) in [7, 11) is -3.60. The van der Waals surface area contributed by atoms with Crippen LogP contribution in [0.5, 0.6) is 0 Å². The minimum absolute atomic E-state index is 0.0209. The second kappa shape index (κ2) is 8.07. The van der Waals surface area contributed by atoms with Crippen molar-refractivity contribution in [2.75, 3.05) is 18.4 Å². The van der Waals surface area contributed by atoms with Crippen molar-refractivity contribution in [3.8, 4) is 0 Å². The quantitative estimate of drug-likeness (QED) is 0.656. The van der Waals surface area contributed by atoms with Gasteiger partial charge < -0.3 is 5.32 Å². The highest BCUT2D eigenvalue weighted by Gasteiger charge is 2.22. The maximum absolute atomic E-state index is 12.7. The molecule has 0 spiro atoms. The predicted molar refractivity (Wildman–Crippen MR) is 107 cm³/mol. The minimum Gasteiger partial charge on any atom is -0.324 e. The normalized spacial score (nSPS) is 11.9. The van der Waals surface area contributed by atoms with Gasteiger partial charge in [0.2, 0.25) is 15.9 Å². The Morgan fingerprint density at radius 1 is 1.14 bits per heavy atom. The average molecular weight is 401 g/mol. The fourth-order valence-electron chi connectivity index (χ4n) is 2.97.